The number of carboxylic acid groups (broad SMARTS) is 1. The van der Waals surface area contributed by atoms with Gasteiger partial charge in [-0.3, -0.25) is 4.79 Å². The summed E-state index contributed by atoms with van der Waals surface area (Å²) in [6, 6.07) is 3.25. The Morgan fingerprint density at radius 3 is 2.65 bits per heavy atom. The Morgan fingerprint density at radius 2 is 1.94 bits per heavy atom. The number of hydrogen-bond acceptors (Lipinski definition) is 1. The SMILES string of the molecule is O=C(O)C1CCCCC1c1cc(F)ccc1F. The van der Waals surface area contributed by atoms with Crippen LogP contribution in [0.2, 0.25) is 0 Å². The summed E-state index contributed by atoms with van der Waals surface area (Å²) in [4.78, 5) is 11.1. The zero-order valence-electron chi connectivity index (χ0n) is 9.33. The molecule has 17 heavy (non-hydrogen) atoms. The minimum absolute atomic E-state index is 0.206. The molecule has 92 valence electrons. The van der Waals surface area contributed by atoms with Gasteiger partial charge in [-0.1, -0.05) is 12.8 Å². The largest absolute Gasteiger partial charge is 0.481 e. The Kier molecular flexibility index (Phi) is 3.41. The molecular weight excluding hydrogens is 226 g/mol. The van der Waals surface area contributed by atoms with Crippen LogP contribution in [-0.2, 0) is 4.79 Å². The van der Waals surface area contributed by atoms with Gasteiger partial charge in [0.1, 0.15) is 11.6 Å². The third-order valence-corrected chi connectivity index (χ3v) is 3.44. The summed E-state index contributed by atoms with van der Waals surface area (Å²) in [5.74, 6) is -2.95. The number of aliphatic carboxylic acids is 1. The van der Waals surface area contributed by atoms with Crippen molar-refractivity contribution in [3.8, 4) is 0 Å². The molecule has 2 atom stereocenters. The molecule has 2 rings (SSSR count). The van der Waals surface area contributed by atoms with Crippen LogP contribution in [0.15, 0.2) is 18.2 Å². The van der Waals surface area contributed by atoms with E-state index in [4.69, 9.17) is 5.11 Å². The van der Waals surface area contributed by atoms with E-state index in [0.29, 0.717) is 12.8 Å². The molecular formula is C13H14F2O2. The Balaban J connectivity index is 2.35. The van der Waals surface area contributed by atoms with Gasteiger partial charge >= 0.3 is 5.97 Å². The van der Waals surface area contributed by atoms with Crippen molar-refractivity contribution in [2.75, 3.05) is 0 Å². The highest BCUT2D eigenvalue weighted by Gasteiger charge is 2.33. The smallest absolute Gasteiger partial charge is 0.307 e. The molecule has 1 fully saturated rings. The number of carbonyl (C=O) groups is 1. The van der Waals surface area contributed by atoms with E-state index in [0.717, 1.165) is 31.0 Å². The Labute approximate surface area is 98.3 Å². The molecule has 0 spiro atoms. The van der Waals surface area contributed by atoms with Crippen molar-refractivity contribution >= 4 is 5.97 Å². The summed E-state index contributed by atoms with van der Waals surface area (Å²) in [7, 11) is 0. The van der Waals surface area contributed by atoms with E-state index in [1.807, 2.05) is 0 Å². The van der Waals surface area contributed by atoms with Crippen LogP contribution in [0.4, 0.5) is 8.78 Å². The normalized spacial score (nSPS) is 24.6. The zero-order chi connectivity index (χ0) is 12.4. The molecule has 0 saturated heterocycles. The Bertz CT molecular complexity index is 431. The summed E-state index contributed by atoms with van der Waals surface area (Å²) in [6.07, 6.45) is 2.85. The van der Waals surface area contributed by atoms with E-state index in [1.165, 1.54) is 0 Å². The van der Waals surface area contributed by atoms with Gasteiger partial charge in [0.15, 0.2) is 0 Å². The second-order valence-corrected chi connectivity index (χ2v) is 4.50. The van der Waals surface area contributed by atoms with Gasteiger partial charge < -0.3 is 5.11 Å². The molecule has 1 aliphatic rings. The van der Waals surface area contributed by atoms with E-state index in [1.54, 1.807) is 0 Å². The molecule has 4 heteroatoms. The third-order valence-electron chi connectivity index (χ3n) is 3.44. The molecule has 1 aromatic rings. The molecule has 0 bridgehead atoms. The maximum Gasteiger partial charge on any atom is 0.307 e. The van der Waals surface area contributed by atoms with Crippen LogP contribution in [0.1, 0.15) is 37.2 Å². The lowest BCUT2D eigenvalue weighted by Crippen LogP contribution is -2.26. The molecule has 1 aromatic carbocycles. The number of halogens is 2. The molecule has 2 nitrogen and oxygen atoms in total. The van der Waals surface area contributed by atoms with Crippen LogP contribution in [0.3, 0.4) is 0 Å². The fourth-order valence-electron chi connectivity index (χ4n) is 2.60. The lowest BCUT2D eigenvalue weighted by Gasteiger charge is -2.29. The predicted octanol–water partition coefficient (Wildman–Crippen LogP) is 3.32. The second-order valence-electron chi connectivity index (χ2n) is 4.50. The number of carboxylic acids is 1. The highest BCUT2D eigenvalue weighted by molar-refractivity contribution is 5.71. The molecule has 0 radical (unpaired) electrons. The minimum Gasteiger partial charge on any atom is -0.481 e. The quantitative estimate of drug-likeness (QED) is 0.861. The molecule has 0 aliphatic heterocycles. The average Bonchev–Trinajstić information content (AvgIpc) is 2.32. The van der Waals surface area contributed by atoms with E-state index in [9.17, 15) is 13.6 Å². The summed E-state index contributed by atoms with van der Waals surface area (Å²) >= 11 is 0. The zero-order valence-corrected chi connectivity index (χ0v) is 9.33. The van der Waals surface area contributed by atoms with Crippen molar-refractivity contribution in [1.29, 1.82) is 0 Å². The Hall–Kier alpha value is -1.45. The molecule has 0 amide bonds. The van der Waals surface area contributed by atoms with Gasteiger partial charge in [0.05, 0.1) is 5.92 Å². The van der Waals surface area contributed by atoms with E-state index >= 15 is 0 Å². The number of rotatable bonds is 2. The molecule has 2 unspecified atom stereocenters. The summed E-state index contributed by atoms with van der Waals surface area (Å²) < 4.78 is 26.7. The highest BCUT2D eigenvalue weighted by atomic mass is 19.1. The van der Waals surface area contributed by atoms with Crippen LogP contribution < -0.4 is 0 Å². The summed E-state index contributed by atoms with van der Waals surface area (Å²) in [5, 5.41) is 9.11. The first-order valence-corrected chi connectivity index (χ1v) is 5.77. The number of hydrogen-bond donors (Lipinski definition) is 1. The van der Waals surface area contributed by atoms with Crippen molar-refractivity contribution in [2.45, 2.75) is 31.6 Å². The molecule has 1 N–H and O–H groups in total. The fourth-order valence-corrected chi connectivity index (χ4v) is 2.60. The maximum atomic E-state index is 13.6. The van der Waals surface area contributed by atoms with Crippen molar-refractivity contribution in [2.24, 2.45) is 5.92 Å². The van der Waals surface area contributed by atoms with Crippen LogP contribution in [0, 0.1) is 17.6 Å². The van der Waals surface area contributed by atoms with Crippen LogP contribution in [-0.4, -0.2) is 11.1 Å². The molecule has 0 aromatic heterocycles. The summed E-state index contributed by atoms with van der Waals surface area (Å²) in [6.45, 7) is 0. The molecule has 1 saturated carbocycles. The first-order valence-electron chi connectivity index (χ1n) is 5.77. The van der Waals surface area contributed by atoms with Gasteiger partial charge in [-0.15, -0.1) is 0 Å². The lowest BCUT2D eigenvalue weighted by atomic mass is 9.75. The molecule has 1 aliphatic carbocycles. The van der Waals surface area contributed by atoms with Crippen molar-refractivity contribution in [1.82, 2.24) is 0 Å². The van der Waals surface area contributed by atoms with Gasteiger partial charge in [0.25, 0.3) is 0 Å². The van der Waals surface area contributed by atoms with E-state index in [2.05, 4.69) is 0 Å². The van der Waals surface area contributed by atoms with Crippen LogP contribution in [0.5, 0.6) is 0 Å². The van der Waals surface area contributed by atoms with Gasteiger partial charge in [0.2, 0.25) is 0 Å². The first kappa shape index (κ1) is 12.0. The predicted molar refractivity (Wildman–Crippen MR) is 58.7 cm³/mol. The fraction of sp³-hybridized carbons (Fsp3) is 0.462. The van der Waals surface area contributed by atoms with Gasteiger partial charge in [-0.05, 0) is 36.6 Å². The number of benzene rings is 1. The maximum absolute atomic E-state index is 13.6. The van der Waals surface area contributed by atoms with Gasteiger partial charge in [0, 0.05) is 5.92 Å². The van der Waals surface area contributed by atoms with E-state index < -0.39 is 29.4 Å². The van der Waals surface area contributed by atoms with Gasteiger partial charge in [-0.2, -0.15) is 0 Å². The first-order chi connectivity index (χ1) is 8.09. The minimum atomic E-state index is -0.918. The van der Waals surface area contributed by atoms with Crippen LogP contribution in [0.25, 0.3) is 0 Å². The molecule has 0 heterocycles. The standard InChI is InChI=1S/C13H14F2O2/c14-8-5-6-12(15)11(7-8)9-3-1-2-4-10(9)13(16)17/h5-7,9-10H,1-4H2,(H,16,17). The topological polar surface area (TPSA) is 37.3 Å². The highest BCUT2D eigenvalue weighted by Crippen LogP contribution is 2.39. The van der Waals surface area contributed by atoms with Crippen LogP contribution >= 0.6 is 0 Å². The third kappa shape index (κ3) is 2.46. The lowest BCUT2D eigenvalue weighted by molar-refractivity contribution is -0.143. The van der Waals surface area contributed by atoms with Gasteiger partial charge in [-0.25, -0.2) is 8.78 Å². The van der Waals surface area contributed by atoms with Crippen molar-refractivity contribution in [3.05, 3.63) is 35.4 Å². The monoisotopic (exact) mass is 240 g/mol. The van der Waals surface area contributed by atoms with E-state index in [-0.39, 0.29) is 5.56 Å². The second kappa shape index (κ2) is 4.82. The average molecular weight is 240 g/mol. The van der Waals surface area contributed by atoms with Crippen molar-refractivity contribution < 1.29 is 18.7 Å². The van der Waals surface area contributed by atoms with Crippen molar-refractivity contribution in [3.63, 3.8) is 0 Å². The summed E-state index contributed by atoms with van der Waals surface area (Å²) in [5.41, 5.74) is 0.206. The Morgan fingerprint density at radius 1 is 1.24 bits per heavy atom.